The molecule has 1 aliphatic rings. The zero-order valence-corrected chi connectivity index (χ0v) is 16.2. The fourth-order valence-corrected chi connectivity index (χ4v) is 5.39. The summed E-state index contributed by atoms with van der Waals surface area (Å²) in [6, 6.07) is 13.1. The average Bonchev–Trinajstić information content (AvgIpc) is 3.21. The van der Waals surface area contributed by atoms with Gasteiger partial charge in [-0.15, -0.1) is 23.5 Å². The number of anilines is 1. The third-order valence-corrected chi connectivity index (χ3v) is 7.03. The number of hydrogen-bond acceptors (Lipinski definition) is 4. The fourth-order valence-electron chi connectivity index (χ4n) is 2.53. The fraction of sp³-hybridized carbons (Fsp3) is 0.263. The van der Waals surface area contributed by atoms with Crippen LogP contribution in [0.3, 0.4) is 0 Å². The van der Waals surface area contributed by atoms with Gasteiger partial charge in [-0.3, -0.25) is 9.59 Å². The van der Waals surface area contributed by atoms with Gasteiger partial charge in [0.25, 0.3) is 11.8 Å². The van der Waals surface area contributed by atoms with Gasteiger partial charge >= 0.3 is 6.18 Å². The monoisotopic (exact) mass is 426 g/mol. The molecule has 1 aliphatic heterocycles. The molecule has 1 fully saturated rings. The number of thioether (sulfide) groups is 2. The summed E-state index contributed by atoms with van der Waals surface area (Å²) >= 11 is 3.78. The number of benzene rings is 2. The van der Waals surface area contributed by atoms with Crippen molar-refractivity contribution >= 4 is 41.0 Å². The lowest BCUT2D eigenvalue weighted by molar-refractivity contribution is -0.123. The molecule has 2 amide bonds. The highest BCUT2D eigenvalue weighted by molar-refractivity contribution is 8.19. The summed E-state index contributed by atoms with van der Waals surface area (Å²) in [6.07, 6.45) is -4.46. The maximum atomic E-state index is 12.4. The molecule has 9 heteroatoms. The summed E-state index contributed by atoms with van der Waals surface area (Å²) < 4.78 is 36.9. The number of halogens is 3. The van der Waals surface area contributed by atoms with Crippen molar-refractivity contribution in [1.29, 1.82) is 0 Å². The smallest absolute Gasteiger partial charge is 0.343 e. The third-order valence-electron chi connectivity index (χ3n) is 3.92. The number of alkyl halides is 3. The van der Waals surface area contributed by atoms with Gasteiger partial charge in [0.15, 0.2) is 0 Å². The molecule has 1 heterocycles. The minimum absolute atomic E-state index is 0.0816. The Labute approximate surface area is 168 Å². The van der Waals surface area contributed by atoms with E-state index in [0.717, 1.165) is 11.5 Å². The molecular weight excluding hydrogens is 409 g/mol. The molecule has 3 rings (SSSR count). The standard InChI is InChI=1S/C19H17F3N2O2S2/c20-19(21,22)11-23-16(25)12-5-7-15(8-6-12)24-17(26)13-1-3-14(4-2-13)18-27-9-10-28-18/h1-8,18H,9-11H2,(H,23,25)(H,24,26). The lowest BCUT2D eigenvalue weighted by atomic mass is 10.1. The summed E-state index contributed by atoms with van der Waals surface area (Å²) in [5.74, 6) is 1.13. The van der Waals surface area contributed by atoms with Gasteiger partial charge in [-0.2, -0.15) is 13.2 Å². The Morgan fingerprint density at radius 2 is 1.43 bits per heavy atom. The van der Waals surface area contributed by atoms with Crippen LogP contribution >= 0.6 is 23.5 Å². The maximum Gasteiger partial charge on any atom is 0.405 e. The van der Waals surface area contributed by atoms with E-state index >= 15 is 0 Å². The van der Waals surface area contributed by atoms with Crippen LogP contribution in [0.5, 0.6) is 0 Å². The molecule has 1 saturated heterocycles. The third kappa shape index (κ3) is 5.68. The van der Waals surface area contributed by atoms with Gasteiger partial charge in [0.05, 0.1) is 4.58 Å². The number of amides is 2. The van der Waals surface area contributed by atoms with Crippen LogP contribution < -0.4 is 10.6 Å². The molecule has 0 aliphatic carbocycles. The van der Waals surface area contributed by atoms with Crippen molar-refractivity contribution in [1.82, 2.24) is 5.32 Å². The zero-order chi connectivity index (χ0) is 20.1. The molecule has 2 aromatic carbocycles. The quantitative estimate of drug-likeness (QED) is 0.727. The molecule has 0 bridgehead atoms. The van der Waals surface area contributed by atoms with Crippen molar-refractivity contribution in [2.75, 3.05) is 23.4 Å². The molecule has 0 atom stereocenters. The minimum Gasteiger partial charge on any atom is -0.343 e. The van der Waals surface area contributed by atoms with Crippen molar-refractivity contribution in [2.45, 2.75) is 10.8 Å². The highest BCUT2D eigenvalue weighted by Gasteiger charge is 2.27. The summed E-state index contributed by atoms with van der Waals surface area (Å²) in [5.41, 5.74) is 2.21. The molecule has 2 N–H and O–H groups in total. The van der Waals surface area contributed by atoms with Crippen molar-refractivity contribution in [3.8, 4) is 0 Å². The largest absolute Gasteiger partial charge is 0.405 e. The first-order valence-electron chi connectivity index (χ1n) is 8.41. The lowest BCUT2D eigenvalue weighted by Gasteiger charge is -2.10. The molecule has 0 saturated carbocycles. The second-order valence-corrected chi connectivity index (χ2v) is 8.75. The van der Waals surface area contributed by atoms with Gasteiger partial charge in [-0.25, -0.2) is 0 Å². The molecule has 4 nitrogen and oxygen atoms in total. The molecule has 148 valence electrons. The zero-order valence-electron chi connectivity index (χ0n) is 14.6. The van der Waals surface area contributed by atoms with E-state index in [1.165, 1.54) is 29.8 Å². The topological polar surface area (TPSA) is 58.2 Å². The van der Waals surface area contributed by atoms with E-state index in [-0.39, 0.29) is 11.5 Å². The van der Waals surface area contributed by atoms with Crippen LogP contribution in [0.2, 0.25) is 0 Å². The van der Waals surface area contributed by atoms with Crippen LogP contribution in [-0.4, -0.2) is 36.0 Å². The predicted octanol–water partition coefficient (Wildman–Crippen LogP) is 4.71. The Hall–Kier alpha value is -2.13. The molecule has 28 heavy (non-hydrogen) atoms. The SMILES string of the molecule is O=C(NCC(F)(F)F)c1ccc(NC(=O)c2ccc(C3SCCS3)cc2)cc1. The molecule has 0 aromatic heterocycles. The minimum atomic E-state index is -4.46. The van der Waals surface area contributed by atoms with Crippen LogP contribution in [-0.2, 0) is 0 Å². The first-order valence-corrected chi connectivity index (χ1v) is 10.5. The first kappa shape index (κ1) is 20.6. The van der Waals surface area contributed by atoms with Gasteiger partial charge in [0.2, 0.25) is 0 Å². The van der Waals surface area contributed by atoms with Crippen molar-refractivity contribution < 1.29 is 22.8 Å². The van der Waals surface area contributed by atoms with Crippen LogP contribution in [0.15, 0.2) is 48.5 Å². The highest BCUT2D eigenvalue weighted by Crippen LogP contribution is 2.45. The number of carbonyl (C=O) groups is 2. The second-order valence-electron chi connectivity index (χ2n) is 6.02. The van der Waals surface area contributed by atoms with Crippen LogP contribution in [0, 0.1) is 0 Å². The average molecular weight is 426 g/mol. The number of hydrogen-bond donors (Lipinski definition) is 2. The Kier molecular flexibility index (Phi) is 6.56. The summed E-state index contributed by atoms with van der Waals surface area (Å²) in [5, 5.41) is 4.51. The molecular formula is C19H17F3N2O2S2. The maximum absolute atomic E-state index is 12.4. The Balaban J connectivity index is 1.57. The van der Waals surface area contributed by atoms with E-state index in [1.807, 2.05) is 35.7 Å². The Bertz CT molecular complexity index is 834. The van der Waals surface area contributed by atoms with E-state index in [4.69, 9.17) is 0 Å². The first-order chi connectivity index (χ1) is 13.3. The molecule has 0 spiro atoms. The van der Waals surface area contributed by atoms with Crippen LogP contribution in [0.25, 0.3) is 0 Å². The van der Waals surface area contributed by atoms with Gasteiger partial charge in [-0.05, 0) is 42.0 Å². The van der Waals surface area contributed by atoms with Crippen molar-refractivity contribution in [3.63, 3.8) is 0 Å². The van der Waals surface area contributed by atoms with Gasteiger partial charge in [0.1, 0.15) is 6.54 Å². The summed E-state index contributed by atoms with van der Waals surface area (Å²) in [4.78, 5) is 24.0. The Morgan fingerprint density at radius 3 is 2.00 bits per heavy atom. The summed E-state index contributed by atoms with van der Waals surface area (Å²) in [7, 11) is 0. The van der Waals surface area contributed by atoms with Gasteiger partial charge in [0, 0.05) is 28.3 Å². The molecule has 0 unspecified atom stereocenters. The Morgan fingerprint density at radius 1 is 0.893 bits per heavy atom. The van der Waals surface area contributed by atoms with E-state index < -0.39 is 18.6 Å². The highest BCUT2D eigenvalue weighted by atomic mass is 32.2. The summed E-state index contributed by atoms with van der Waals surface area (Å²) in [6.45, 7) is -1.39. The number of carbonyl (C=O) groups excluding carboxylic acids is 2. The van der Waals surface area contributed by atoms with Crippen LogP contribution in [0.1, 0.15) is 30.9 Å². The van der Waals surface area contributed by atoms with E-state index in [9.17, 15) is 22.8 Å². The van der Waals surface area contributed by atoms with Gasteiger partial charge < -0.3 is 10.6 Å². The predicted molar refractivity (Wildman–Crippen MR) is 107 cm³/mol. The molecule has 2 aromatic rings. The van der Waals surface area contributed by atoms with Crippen molar-refractivity contribution in [3.05, 3.63) is 65.2 Å². The number of rotatable bonds is 5. The van der Waals surface area contributed by atoms with E-state index in [2.05, 4.69) is 5.32 Å². The van der Waals surface area contributed by atoms with Crippen molar-refractivity contribution in [2.24, 2.45) is 0 Å². The number of nitrogens with one attached hydrogen (secondary N) is 2. The molecule has 0 radical (unpaired) electrons. The second kappa shape index (κ2) is 8.91. The van der Waals surface area contributed by atoms with E-state index in [0.29, 0.717) is 15.8 Å². The normalized spacial score (nSPS) is 14.7. The van der Waals surface area contributed by atoms with Crippen LogP contribution in [0.4, 0.5) is 18.9 Å². The van der Waals surface area contributed by atoms with Gasteiger partial charge in [-0.1, -0.05) is 12.1 Å². The van der Waals surface area contributed by atoms with E-state index in [1.54, 1.807) is 17.4 Å². The lowest BCUT2D eigenvalue weighted by Crippen LogP contribution is -2.33.